The van der Waals surface area contributed by atoms with Crippen molar-refractivity contribution in [2.24, 2.45) is 0 Å². The molecule has 2 N–H and O–H groups in total. The molecule has 1 aromatic rings. The normalized spacial score (nSPS) is 25.8. The van der Waals surface area contributed by atoms with Gasteiger partial charge < -0.3 is 20.2 Å². The molecule has 1 aromatic carbocycles. The maximum Gasteiger partial charge on any atom is 0.317 e. The summed E-state index contributed by atoms with van der Waals surface area (Å²) in [5.74, 6) is 0. The molecular formula is C20H29N3O2. The molecule has 0 spiro atoms. The summed E-state index contributed by atoms with van der Waals surface area (Å²) in [4.78, 5) is 16.9. The molecule has 136 valence electrons. The Kier molecular flexibility index (Phi) is 4.69. The predicted molar refractivity (Wildman–Crippen MR) is 97.5 cm³/mol. The van der Waals surface area contributed by atoms with Crippen LogP contribution in [-0.2, 0) is 6.42 Å². The summed E-state index contributed by atoms with van der Waals surface area (Å²) in [6.07, 6.45) is 5.87. The summed E-state index contributed by atoms with van der Waals surface area (Å²) < 4.78 is 0. The van der Waals surface area contributed by atoms with Gasteiger partial charge in [-0.25, -0.2) is 4.79 Å². The van der Waals surface area contributed by atoms with E-state index < -0.39 is 5.60 Å². The summed E-state index contributed by atoms with van der Waals surface area (Å²) in [7, 11) is 0. The van der Waals surface area contributed by atoms with E-state index >= 15 is 0 Å². The maximum atomic E-state index is 12.6. The maximum absolute atomic E-state index is 12.6. The van der Waals surface area contributed by atoms with Gasteiger partial charge in [0.2, 0.25) is 0 Å². The van der Waals surface area contributed by atoms with Crippen molar-refractivity contribution in [3.05, 3.63) is 35.4 Å². The zero-order valence-corrected chi connectivity index (χ0v) is 14.9. The average molecular weight is 343 g/mol. The Morgan fingerprint density at radius 3 is 2.64 bits per heavy atom. The number of β-amino-alcohol motifs (C(OH)–C–C–N with tert-alkyl or cyclic N) is 1. The monoisotopic (exact) mass is 343 g/mol. The molecule has 3 aliphatic rings. The molecule has 5 nitrogen and oxygen atoms in total. The van der Waals surface area contributed by atoms with Gasteiger partial charge in [-0.3, -0.25) is 0 Å². The van der Waals surface area contributed by atoms with E-state index in [0.717, 1.165) is 32.5 Å². The molecule has 0 radical (unpaired) electrons. The number of hydrogen-bond donors (Lipinski definition) is 2. The number of rotatable bonds is 3. The third kappa shape index (κ3) is 3.67. The number of piperidine rings is 1. The first-order valence-corrected chi connectivity index (χ1v) is 9.71. The van der Waals surface area contributed by atoms with E-state index in [4.69, 9.17) is 0 Å². The SMILES string of the molecule is O=C(N[C@H]1CCc2ccccc21)N1CCC(O)(CN2CCCC2)CC1. The second-order valence-corrected chi connectivity index (χ2v) is 7.93. The van der Waals surface area contributed by atoms with Crippen LogP contribution in [0, 0.1) is 0 Å². The highest BCUT2D eigenvalue weighted by Crippen LogP contribution is 2.31. The van der Waals surface area contributed by atoms with Crippen LogP contribution in [0.15, 0.2) is 24.3 Å². The van der Waals surface area contributed by atoms with E-state index in [1.165, 1.54) is 24.0 Å². The number of fused-ring (bicyclic) bond motifs is 1. The number of nitrogens with one attached hydrogen (secondary N) is 1. The lowest BCUT2D eigenvalue weighted by Gasteiger charge is -2.40. The first-order valence-electron chi connectivity index (χ1n) is 9.71. The molecule has 2 amide bonds. The third-order valence-corrected chi connectivity index (χ3v) is 6.13. The largest absolute Gasteiger partial charge is 0.388 e. The number of aliphatic hydroxyl groups is 1. The number of carbonyl (C=O) groups excluding carboxylic acids is 1. The van der Waals surface area contributed by atoms with Gasteiger partial charge in [-0.2, -0.15) is 0 Å². The average Bonchev–Trinajstić information content (AvgIpc) is 3.25. The molecule has 2 fully saturated rings. The lowest BCUT2D eigenvalue weighted by Crippen LogP contribution is -2.53. The van der Waals surface area contributed by atoms with Crippen molar-refractivity contribution in [2.45, 2.75) is 50.2 Å². The number of nitrogens with zero attached hydrogens (tertiary/aromatic N) is 2. The van der Waals surface area contributed by atoms with Gasteiger partial charge in [-0.1, -0.05) is 24.3 Å². The van der Waals surface area contributed by atoms with Gasteiger partial charge in [0.05, 0.1) is 11.6 Å². The van der Waals surface area contributed by atoms with Crippen LogP contribution in [0.25, 0.3) is 0 Å². The minimum atomic E-state index is -0.624. The molecule has 25 heavy (non-hydrogen) atoms. The minimum Gasteiger partial charge on any atom is -0.388 e. The fourth-order valence-electron chi connectivity index (χ4n) is 4.59. The lowest BCUT2D eigenvalue weighted by molar-refractivity contribution is -0.0340. The summed E-state index contributed by atoms with van der Waals surface area (Å²) in [6, 6.07) is 8.54. The van der Waals surface area contributed by atoms with Crippen molar-refractivity contribution in [2.75, 3.05) is 32.7 Å². The van der Waals surface area contributed by atoms with Crippen LogP contribution in [0.5, 0.6) is 0 Å². The smallest absolute Gasteiger partial charge is 0.317 e. The quantitative estimate of drug-likeness (QED) is 0.885. The standard InChI is InChI=1S/C20H29N3O2/c24-19(21-18-8-7-16-5-1-2-6-17(16)18)23-13-9-20(25,10-14-23)15-22-11-3-4-12-22/h1-2,5-6,18,25H,3-4,7-15H2,(H,21,24)/t18-/m0/s1. The molecule has 5 heteroatoms. The molecule has 0 unspecified atom stereocenters. The van der Waals surface area contributed by atoms with Crippen LogP contribution in [0.3, 0.4) is 0 Å². The summed E-state index contributed by atoms with van der Waals surface area (Å²) >= 11 is 0. The highest BCUT2D eigenvalue weighted by atomic mass is 16.3. The van der Waals surface area contributed by atoms with Crippen molar-refractivity contribution in [1.82, 2.24) is 15.1 Å². The number of carbonyl (C=O) groups is 1. The highest BCUT2D eigenvalue weighted by molar-refractivity contribution is 5.75. The number of aryl methyl sites for hydroxylation is 1. The second kappa shape index (κ2) is 6.96. The van der Waals surface area contributed by atoms with E-state index in [2.05, 4.69) is 28.4 Å². The molecule has 2 aliphatic heterocycles. The topological polar surface area (TPSA) is 55.8 Å². The van der Waals surface area contributed by atoms with Gasteiger partial charge in [0, 0.05) is 19.6 Å². The predicted octanol–water partition coefficient (Wildman–Crippen LogP) is 2.31. The van der Waals surface area contributed by atoms with E-state index in [0.29, 0.717) is 25.9 Å². The van der Waals surface area contributed by atoms with Crippen LogP contribution in [0.1, 0.15) is 49.3 Å². The van der Waals surface area contributed by atoms with E-state index in [1.54, 1.807) is 0 Å². The molecule has 1 atom stereocenters. The van der Waals surface area contributed by atoms with Gasteiger partial charge in [-0.05, 0) is 62.7 Å². The second-order valence-electron chi connectivity index (χ2n) is 7.93. The Hall–Kier alpha value is -1.59. The van der Waals surface area contributed by atoms with E-state index in [9.17, 15) is 9.90 Å². The molecule has 4 rings (SSSR count). The molecule has 2 heterocycles. The Bertz CT molecular complexity index is 619. The van der Waals surface area contributed by atoms with Crippen LogP contribution in [0.2, 0.25) is 0 Å². The van der Waals surface area contributed by atoms with Crippen molar-refractivity contribution < 1.29 is 9.90 Å². The van der Waals surface area contributed by atoms with Crippen molar-refractivity contribution >= 4 is 6.03 Å². The van der Waals surface area contributed by atoms with Crippen LogP contribution in [-0.4, -0.2) is 59.3 Å². The van der Waals surface area contributed by atoms with Gasteiger partial charge in [0.1, 0.15) is 0 Å². The van der Waals surface area contributed by atoms with Crippen LogP contribution < -0.4 is 5.32 Å². The molecular weight excluding hydrogens is 314 g/mol. The van der Waals surface area contributed by atoms with Gasteiger partial charge >= 0.3 is 6.03 Å². The van der Waals surface area contributed by atoms with Crippen LogP contribution >= 0.6 is 0 Å². The fraction of sp³-hybridized carbons (Fsp3) is 0.650. The van der Waals surface area contributed by atoms with Gasteiger partial charge in [-0.15, -0.1) is 0 Å². The Labute approximate surface area is 150 Å². The number of benzene rings is 1. The molecule has 2 saturated heterocycles. The first kappa shape index (κ1) is 16.9. The number of urea groups is 1. The molecule has 0 bridgehead atoms. The minimum absolute atomic E-state index is 0.0184. The Balaban J connectivity index is 1.30. The van der Waals surface area contributed by atoms with Crippen molar-refractivity contribution in [3.8, 4) is 0 Å². The van der Waals surface area contributed by atoms with E-state index in [1.807, 2.05) is 11.0 Å². The van der Waals surface area contributed by atoms with Gasteiger partial charge in [0.15, 0.2) is 0 Å². The molecule has 0 aromatic heterocycles. The van der Waals surface area contributed by atoms with Crippen molar-refractivity contribution in [3.63, 3.8) is 0 Å². The van der Waals surface area contributed by atoms with E-state index in [-0.39, 0.29) is 12.1 Å². The third-order valence-electron chi connectivity index (χ3n) is 6.13. The zero-order valence-electron chi connectivity index (χ0n) is 14.9. The Morgan fingerprint density at radius 1 is 1.16 bits per heavy atom. The fourth-order valence-corrected chi connectivity index (χ4v) is 4.59. The van der Waals surface area contributed by atoms with Crippen molar-refractivity contribution in [1.29, 1.82) is 0 Å². The first-order chi connectivity index (χ1) is 12.1. The van der Waals surface area contributed by atoms with Crippen LogP contribution in [0.4, 0.5) is 4.79 Å². The molecule has 1 aliphatic carbocycles. The summed E-state index contributed by atoms with van der Waals surface area (Å²) in [5.41, 5.74) is 1.99. The zero-order chi connectivity index (χ0) is 17.3. The highest BCUT2D eigenvalue weighted by Gasteiger charge is 2.36. The summed E-state index contributed by atoms with van der Waals surface area (Å²) in [5, 5.41) is 14.0. The lowest BCUT2D eigenvalue weighted by atomic mass is 9.91. The Morgan fingerprint density at radius 2 is 1.88 bits per heavy atom. The number of amides is 2. The van der Waals surface area contributed by atoms with Gasteiger partial charge in [0.25, 0.3) is 0 Å². The number of hydrogen-bond acceptors (Lipinski definition) is 3. The number of likely N-dealkylation sites (tertiary alicyclic amines) is 2. The molecule has 0 saturated carbocycles. The summed E-state index contributed by atoms with van der Waals surface area (Å²) in [6.45, 7) is 4.26.